The van der Waals surface area contributed by atoms with Gasteiger partial charge in [0.1, 0.15) is 5.69 Å². The molecule has 2 aromatic rings. The lowest BCUT2D eigenvalue weighted by molar-refractivity contribution is -0.775. The van der Waals surface area contributed by atoms with Gasteiger partial charge in [-0.25, -0.2) is 4.98 Å². The smallest absolute Gasteiger partial charge is 0.108 e. The van der Waals surface area contributed by atoms with E-state index in [1.165, 1.54) is 21.7 Å². The number of rotatable bonds is 2. The van der Waals surface area contributed by atoms with Crippen molar-refractivity contribution in [2.45, 2.75) is 13.0 Å². The Hall–Kier alpha value is -1.61. The summed E-state index contributed by atoms with van der Waals surface area (Å²) in [7, 11) is 4.11. The van der Waals surface area contributed by atoms with Crippen LogP contribution in [0.4, 0.5) is 5.69 Å². The number of fused-ring (bicyclic) bond motifs is 1. The van der Waals surface area contributed by atoms with Crippen LogP contribution in [0, 0.1) is 7.05 Å². The fraction of sp³-hybridized carbons (Fsp3) is 0.231. The van der Waals surface area contributed by atoms with E-state index in [0.717, 1.165) is 19.5 Å². The lowest BCUT2D eigenvalue weighted by Crippen LogP contribution is -3.00. The number of nitrogens with zero attached hydrogens (tertiary/aromatic N) is 2. The Balaban J connectivity index is 1.97. The Kier molecular flexibility index (Phi) is 2.26. The normalized spacial score (nSPS) is 18.7. The van der Waals surface area contributed by atoms with Crippen molar-refractivity contribution in [3.8, 4) is 0 Å². The maximum absolute atomic E-state index is 4.11. The molecule has 0 aliphatic carbocycles. The molecule has 0 spiro atoms. The molecule has 1 atom stereocenters. The molecule has 0 saturated carbocycles. The first-order valence-electron chi connectivity index (χ1n) is 5.59. The molecule has 3 nitrogen and oxygen atoms in total. The Bertz CT molecular complexity index is 488. The van der Waals surface area contributed by atoms with Gasteiger partial charge in [-0.05, 0) is 11.6 Å². The number of imidazole rings is 1. The third kappa shape index (κ3) is 1.53. The number of nitrogens with one attached hydrogen (secondary N) is 1. The van der Waals surface area contributed by atoms with Gasteiger partial charge in [0, 0.05) is 30.9 Å². The van der Waals surface area contributed by atoms with Crippen molar-refractivity contribution in [2.24, 2.45) is 0 Å². The summed E-state index contributed by atoms with van der Waals surface area (Å²) in [5, 5.41) is 0. The molecule has 1 N–H and O–H groups in total. The zero-order valence-corrected chi connectivity index (χ0v) is 9.19. The van der Waals surface area contributed by atoms with Crippen molar-refractivity contribution in [3.05, 3.63) is 55.1 Å². The van der Waals surface area contributed by atoms with Crippen molar-refractivity contribution >= 4 is 5.69 Å². The Labute approximate surface area is 95.3 Å². The van der Waals surface area contributed by atoms with E-state index >= 15 is 0 Å². The van der Waals surface area contributed by atoms with Gasteiger partial charge < -0.3 is 9.47 Å². The minimum atomic E-state index is 0.913. The van der Waals surface area contributed by atoms with Crippen LogP contribution in [-0.2, 0) is 13.0 Å². The first-order chi connectivity index (χ1) is 7.84. The predicted molar refractivity (Wildman–Crippen MR) is 62.3 cm³/mol. The van der Waals surface area contributed by atoms with Crippen LogP contribution in [-0.4, -0.2) is 16.1 Å². The number of hydrogen-bond acceptors (Lipinski definition) is 1. The number of aromatic nitrogens is 2. The summed E-state index contributed by atoms with van der Waals surface area (Å²) in [6.45, 7) is 2.02. The lowest BCUT2D eigenvalue weighted by atomic mass is 10.1. The van der Waals surface area contributed by atoms with Crippen LogP contribution in [0.3, 0.4) is 0 Å². The molecule has 82 valence electrons. The van der Waals surface area contributed by atoms with Gasteiger partial charge in [0.05, 0.1) is 12.9 Å². The number of hydrogen-bond donors (Lipinski definition) is 1. The van der Waals surface area contributed by atoms with E-state index in [0.29, 0.717) is 0 Å². The SMILES string of the molecule is [CH2-][NH+]1CCc2c(Cn3ccnc3)cccc21. The van der Waals surface area contributed by atoms with Crippen LogP contribution in [0.5, 0.6) is 0 Å². The van der Waals surface area contributed by atoms with E-state index in [4.69, 9.17) is 0 Å². The molecule has 3 rings (SSSR count). The predicted octanol–water partition coefficient (Wildman–Crippen LogP) is 0.795. The second-order valence-electron chi connectivity index (χ2n) is 4.28. The third-order valence-corrected chi connectivity index (χ3v) is 3.24. The van der Waals surface area contributed by atoms with Crippen LogP contribution in [0.1, 0.15) is 11.1 Å². The topological polar surface area (TPSA) is 22.3 Å². The highest BCUT2D eigenvalue weighted by Gasteiger charge is 2.19. The third-order valence-electron chi connectivity index (χ3n) is 3.24. The molecule has 2 heterocycles. The molecule has 0 fully saturated rings. The number of benzene rings is 1. The average molecular weight is 213 g/mol. The van der Waals surface area contributed by atoms with E-state index in [9.17, 15) is 0 Å². The molecular weight excluding hydrogens is 198 g/mol. The van der Waals surface area contributed by atoms with Crippen molar-refractivity contribution < 1.29 is 4.90 Å². The van der Waals surface area contributed by atoms with Gasteiger partial charge in [-0.3, -0.25) is 0 Å². The summed E-state index contributed by atoms with van der Waals surface area (Å²) in [6, 6.07) is 6.51. The van der Waals surface area contributed by atoms with E-state index < -0.39 is 0 Å². The quantitative estimate of drug-likeness (QED) is 0.732. The molecule has 0 radical (unpaired) electrons. The number of quaternary nitrogens is 1. The van der Waals surface area contributed by atoms with Crippen LogP contribution < -0.4 is 4.90 Å². The molecule has 1 aromatic heterocycles. The fourth-order valence-electron chi connectivity index (χ4n) is 2.40. The summed E-state index contributed by atoms with van der Waals surface area (Å²) in [4.78, 5) is 5.35. The molecular formula is C13H15N3. The molecule has 0 bridgehead atoms. The summed E-state index contributed by atoms with van der Waals surface area (Å²) in [6.07, 6.45) is 6.83. The molecule has 1 aliphatic heterocycles. The van der Waals surface area contributed by atoms with Crippen molar-refractivity contribution in [1.29, 1.82) is 0 Å². The van der Waals surface area contributed by atoms with Gasteiger partial charge in [0.2, 0.25) is 0 Å². The van der Waals surface area contributed by atoms with E-state index in [1.807, 2.05) is 18.7 Å². The molecule has 1 unspecified atom stereocenters. The van der Waals surface area contributed by atoms with Crippen LogP contribution in [0.25, 0.3) is 0 Å². The molecule has 16 heavy (non-hydrogen) atoms. The first-order valence-corrected chi connectivity index (χ1v) is 5.59. The molecule has 0 amide bonds. The van der Waals surface area contributed by atoms with Crippen LogP contribution in [0.2, 0.25) is 0 Å². The van der Waals surface area contributed by atoms with E-state index in [-0.39, 0.29) is 0 Å². The maximum atomic E-state index is 4.11. The standard InChI is InChI=1S/C13H15N3/c1-15-7-5-12-11(3-2-4-13(12)15)9-16-8-6-14-10-16/h2-4,6,8,10,15H,1,5,7,9H2. The van der Waals surface area contributed by atoms with E-state index in [2.05, 4.69) is 34.8 Å². The highest BCUT2D eigenvalue weighted by molar-refractivity contribution is 5.47. The van der Waals surface area contributed by atoms with Gasteiger partial charge >= 0.3 is 0 Å². The van der Waals surface area contributed by atoms with Crippen molar-refractivity contribution in [3.63, 3.8) is 0 Å². The Morgan fingerprint density at radius 3 is 3.19 bits per heavy atom. The van der Waals surface area contributed by atoms with Gasteiger partial charge in [0.15, 0.2) is 0 Å². The largest absolute Gasteiger partial charge is 0.434 e. The molecule has 0 saturated heterocycles. The zero-order chi connectivity index (χ0) is 11.0. The fourth-order valence-corrected chi connectivity index (χ4v) is 2.40. The monoisotopic (exact) mass is 213 g/mol. The Morgan fingerprint density at radius 2 is 2.38 bits per heavy atom. The van der Waals surface area contributed by atoms with Crippen LogP contribution >= 0.6 is 0 Å². The maximum Gasteiger partial charge on any atom is 0.108 e. The zero-order valence-electron chi connectivity index (χ0n) is 9.19. The van der Waals surface area contributed by atoms with Gasteiger partial charge in [-0.1, -0.05) is 12.1 Å². The highest BCUT2D eigenvalue weighted by atomic mass is 15.1. The average Bonchev–Trinajstić information content (AvgIpc) is 2.90. The summed E-state index contributed by atoms with van der Waals surface area (Å²) in [5.41, 5.74) is 4.23. The summed E-state index contributed by atoms with van der Waals surface area (Å²) < 4.78 is 2.11. The minimum Gasteiger partial charge on any atom is -0.434 e. The summed E-state index contributed by atoms with van der Waals surface area (Å²) >= 11 is 0. The highest BCUT2D eigenvalue weighted by Crippen LogP contribution is 2.21. The van der Waals surface area contributed by atoms with Crippen molar-refractivity contribution in [1.82, 2.24) is 9.55 Å². The van der Waals surface area contributed by atoms with Gasteiger partial charge in [-0.15, -0.1) is 7.05 Å². The minimum absolute atomic E-state index is 0.913. The Morgan fingerprint density at radius 1 is 1.44 bits per heavy atom. The van der Waals surface area contributed by atoms with Gasteiger partial charge in [-0.2, -0.15) is 0 Å². The lowest BCUT2D eigenvalue weighted by Gasteiger charge is -2.14. The molecule has 1 aromatic carbocycles. The summed E-state index contributed by atoms with van der Waals surface area (Å²) in [5.74, 6) is 0. The van der Waals surface area contributed by atoms with Crippen LogP contribution in [0.15, 0.2) is 36.9 Å². The van der Waals surface area contributed by atoms with Crippen molar-refractivity contribution in [2.75, 3.05) is 6.54 Å². The second kappa shape index (κ2) is 3.76. The second-order valence-corrected chi connectivity index (χ2v) is 4.28. The molecule has 3 heteroatoms. The van der Waals surface area contributed by atoms with Gasteiger partial charge in [0.25, 0.3) is 0 Å². The van der Waals surface area contributed by atoms with E-state index in [1.54, 1.807) is 0 Å². The first kappa shape index (κ1) is 9.60. The molecule has 1 aliphatic rings.